The van der Waals surface area contributed by atoms with E-state index >= 15 is 0 Å². The predicted octanol–water partition coefficient (Wildman–Crippen LogP) is 3.93. The summed E-state index contributed by atoms with van der Waals surface area (Å²) in [6, 6.07) is 4.16. The van der Waals surface area contributed by atoms with Crippen molar-refractivity contribution in [2.24, 2.45) is 0 Å². The number of amides is 2. The van der Waals surface area contributed by atoms with Crippen molar-refractivity contribution in [3.8, 4) is 0 Å². The highest BCUT2D eigenvalue weighted by Crippen LogP contribution is 2.31. The van der Waals surface area contributed by atoms with Gasteiger partial charge in [-0.2, -0.15) is 13.2 Å². The summed E-state index contributed by atoms with van der Waals surface area (Å²) in [6.45, 7) is 2.62. The Bertz CT molecular complexity index is 849. The van der Waals surface area contributed by atoms with Crippen LogP contribution in [0.3, 0.4) is 0 Å². The average molecular weight is 399 g/mol. The zero-order chi connectivity index (χ0) is 19.6. The SMILES string of the molecule is CCOC(=O)Nc1nc2c(s1)CN(C(=O)c1ccc(C(F)(F)F)cc1)CC2. The third-order valence-corrected chi connectivity index (χ3v) is 4.96. The zero-order valence-corrected chi connectivity index (χ0v) is 15.1. The summed E-state index contributed by atoms with van der Waals surface area (Å²) in [5, 5.41) is 2.92. The van der Waals surface area contributed by atoms with Crippen LogP contribution in [0.2, 0.25) is 0 Å². The lowest BCUT2D eigenvalue weighted by Crippen LogP contribution is -2.35. The molecule has 0 unspecified atom stereocenters. The van der Waals surface area contributed by atoms with E-state index in [1.165, 1.54) is 23.5 Å². The molecule has 6 nitrogen and oxygen atoms in total. The monoisotopic (exact) mass is 399 g/mol. The Labute approximate surface area is 157 Å². The number of fused-ring (bicyclic) bond motifs is 1. The standard InChI is InChI=1S/C17H16F3N3O3S/c1-2-26-16(25)22-15-21-12-7-8-23(9-13(12)27-15)14(24)10-3-5-11(6-4-10)17(18,19)20/h3-6H,2,7-9H2,1H3,(H,21,22,25). The number of alkyl halides is 3. The molecule has 0 radical (unpaired) electrons. The Morgan fingerprint density at radius 1 is 1.30 bits per heavy atom. The van der Waals surface area contributed by atoms with Crippen LogP contribution in [-0.2, 0) is 23.9 Å². The number of nitrogens with zero attached hydrogens (tertiary/aromatic N) is 2. The lowest BCUT2D eigenvalue weighted by Gasteiger charge is -2.26. The molecule has 2 heterocycles. The van der Waals surface area contributed by atoms with E-state index in [0.29, 0.717) is 18.1 Å². The number of benzene rings is 1. The zero-order valence-electron chi connectivity index (χ0n) is 14.3. The summed E-state index contributed by atoms with van der Waals surface area (Å²) >= 11 is 1.25. The van der Waals surface area contributed by atoms with Crippen molar-refractivity contribution in [2.45, 2.75) is 26.1 Å². The van der Waals surface area contributed by atoms with E-state index < -0.39 is 17.8 Å². The minimum atomic E-state index is -4.44. The molecule has 1 aromatic heterocycles. The molecule has 0 spiro atoms. The van der Waals surface area contributed by atoms with Gasteiger partial charge in [0.2, 0.25) is 0 Å². The minimum Gasteiger partial charge on any atom is -0.450 e. The number of thiazole rings is 1. The molecule has 1 aliphatic heterocycles. The van der Waals surface area contributed by atoms with Crippen molar-refractivity contribution < 1.29 is 27.5 Å². The molecule has 1 aliphatic rings. The van der Waals surface area contributed by atoms with Crippen LogP contribution in [-0.4, -0.2) is 35.0 Å². The maximum absolute atomic E-state index is 12.6. The highest BCUT2D eigenvalue weighted by atomic mass is 32.1. The average Bonchev–Trinajstić information content (AvgIpc) is 3.01. The topological polar surface area (TPSA) is 71.5 Å². The fourth-order valence-electron chi connectivity index (χ4n) is 2.66. The van der Waals surface area contributed by atoms with Crippen molar-refractivity contribution >= 4 is 28.5 Å². The Balaban J connectivity index is 1.69. The first-order valence-corrected chi connectivity index (χ1v) is 8.98. The fraction of sp³-hybridized carbons (Fsp3) is 0.353. The van der Waals surface area contributed by atoms with Crippen molar-refractivity contribution in [2.75, 3.05) is 18.5 Å². The van der Waals surface area contributed by atoms with E-state index in [4.69, 9.17) is 4.74 Å². The molecule has 144 valence electrons. The van der Waals surface area contributed by atoms with Gasteiger partial charge in [-0.05, 0) is 31.2 Å². The van der Waals surface area contributed by atoms with Crippen LogP contribution >= 0.6 is 11.3 Å². The summed E-state index contributed by atoms with van der Waals surface area (Å²) in [6.07, 6.45) is -4.53. The first-order valence-electron chi connectivity index (χ1n) is 8.17. The molecule has 0 saturated carbocycles. The van der Waals surface area contributed by atoms with Crippen LogP contribution < -0.4 is 5.32 Å². The molecule has 1 N–H and O–H groups in total. The number of carbonyl (C=O) groups is 2. The second-order valence-corrected chi connectivity index (χ2v) is 6.87. The van der Waals surface area contributed by atoms with Gasteiger partial charge in [-0.3, -0.25) is 10.1 Å². The normalized spacial score (nSPS) is 13.9. The van der Waals surface area contributed by atoms with Gasteiger partial charge in [0.25, 0.3) is 5.91 Å². The molecule has 0 aliphatic carbocycles. The molecule has 0 fully saturated rings. The molecule has 3 rings (SSSR count). The van der Waals surface area contributed by atoms with Gasteiger partial charge in [0.05, 0.1) is 24.4 Å². The number of ether oxygens (including phenoxy) is 1. The molecule has 10 heteroatoms. The first kappa shape index (κ1) is 19.2. The predicted molar refractivity (Wildman–Crippen MR) is 92.6 cm³/mol. The van der Waals surface area contributed by atoms with Crippen LogP contribution in [0.15, 0.2) is 24.3 Å². The van der Waals surface area contributed by atoms with Gasteiger partial charge in [-0.1, -0.05) is 11.3 Å². The molecule has 1 aromatic carbocycles. The van der Waals surface area contributed by atoms with Crippen LogP contribution in [0.1, 0.15) is 33.4 Å². The van der Waals surface area contributed by atoms with E-state index in [1.54, 1.807) is 11.8 Å². The molecule has 0 atom stereocenters. The lowest BCUT2D eigenvalue weighted by atomic mass is 10.1. The summed E-state index contributed by atoms with van der Waals surface area (Å²) in [5.41, 5.74) is 0.196. The highest BCUT2D eigenvalue weighted by Gasteiger charge is 2.31. The van der Waals surface area contributed by atoms with Gasteiger partial charge in [0.15, 0.2) is 5.13 Å². The summed E-state index contributed by atoms with van der Waals surface area (Å²) < 4.78 is 42.7. The molecule has 0 saturated heterocycles. The third kappa shape index (κ3) is 4.38. The number of carbonyl (C=O) groups excluding carboxylic acids is 2. The first-order chi connectivity index (χ1) is 12.8. The van der Waals surface area contributed by atoms with Gasteiger partial charge in [0.1, 0.15) is 0 Å². The maximum Gasteiger partial charge on any atom is 0.416 e. The number of halogens is 3. The number of anilines is 1. The number of rotatable bonds is 3. The number of aromatic nitrogens is 1. The summed E-state index contributed by atoms with van der Waals surface area (Å²) in [5.74, 6) is -0.345. The van der Waals surface area contributed by atoms with Crippen molar-refractivity contribution in [1.29, 1.82) is 0 Å². The molecule has 27 heavy (non-hydrogen) atoms. The second-order valence-electron chi connectivity index (χ2n) is 5.79. The van der Waals surface area contributed by atoms with Gasteiger partial charge in [-0.15, -0.1) is 0 Å². The lowest BCUT2D eigenvalue weighted by molar-refractivity contribution is -0.137. The van der Waals surface area contributed by atoms with Gasteiger partial charge >= 0.3 is 12.3 Å². The van der Waals surface area contributed by atoms with Crippen LogP contribution in [0.4, 0.5) is 23.1 Å². The van der Waals surface area contributed by atoms with E-state index in [2.05, 4.69) is 10.3 Å². The Morgan fingerprint density at radius 3 is 2.63 bits per heavy atom. The fourth-order valence-corrected chi connectivity index (χ4v) is 3.67. The Morgan fingerprint density at radius 2 is 2.00 bits per heavy atom. The van der Waals surface area contributed by atoms with Crippen LogP contribution in [0.25, 0.3) is 0 Å². The highest BCUT2D eigenvalue weighted by molar-refractivity contribution is 7.15. The largest absolute Gasteiger partial charge is 0.450 e. The number of nitrogens with one attached hydrogen (secondary N) is 1. The van der Waals surface area contributed by atoms with E-state index in [-0.39, 0.29) is 24.6 Å². The van der Waals surface area contributed by atoms with Gasteiger partial charge in [0, 0.05) is 23.4 Å². The number of hydrogen-bond donors (Lipinski definition) is 1. The number of hydrogen-bond acceptors (Lipinski definition) is 5. The Kier molecular flexibility index (Phi) is 5.36. The second kappa shape index (κ2) is 7.55. The molecule has 2 aromatic rings. The Hall–Kier alpha value is -2.62. The van der Waals surface area contributed by atoms with Crippen molar-refractivity contribution in [3.05, 3.63) is 46.0 Å². The summed E-state index contributed by atoms with van der Waals surface area (Å²) in [4.78, 5) is 30.8. The smallest absolute Gasteiger partial charge is 0.416 e. The molecular weight excluding hydrogens is 383 g/mol. The van der Waals surface area contributed by atoms with E-state index in [9.17, 15) is 22.8 Å². The van der Waals surface area contributed by atoms with Gasteiger partial charge < -0.3 is 9.64 Å². The van der Waals surface area contributed by atoms with Crippen molar-refractivity contribution in [1.82, 2.24) is 9.88 Å². The van der Waals surface area contributed by atoms with Crippen LogP contribution in [0, 0.1) is 0 Å². The molecular formula is C17H16F3N3O3S. The van der Waals surface area contributed by atoms with Crippen LogP contribution in [0.5, 0.6) is 0 Å². The van der Waals surface area contributed by atoms with E-state index in [0.717, 1.165) is 22.7 Å². The third-order valence-electron chi connectivity index (χ3n) is 3.96. The van der Waals surface area contributed by atoms with Gasteiger partial charge in [-0.25, -0.2) is 9.78 Å². The van der Waals surface area contributed by atoms with Crippen molar-refractivity contribution in [3.63, 3.8) is 0 Å². The quantitative estimate of drug-likeness (QED) is 0.849. The maximum atomic E-state index is 12.6. The summed E-state index contributed by atoms with van der Waals surface area (Å²) in [7, 11) is 0. The minimum absolute atomic E-state index is 0.195. The molecule has 2 amide bonds. The van der Waals surface area contributed by atoms with E-state index in [1.807, 2.05) is 0 Å². The molecule has 0 bridgehead atoms.